The molecule has 0 radical (unpaired) electrons. The first-order valence-corrected chi connectivity index (χ1v) is 11.2. The molecule has 0 bridgehead atoms. The standard InChI is InChI=1S/C21H20Cl2N4O2S/c1-11-3-6-15-17(7-11)30-20-18(15)21(29)27(10-24-20)12(2)19(28)26-25-9-13-4-5-14(22)8-16(13)23/h4-5,8-12H,3,6-7H2,1-2H3,(H,26,28)/b25-9+/t11-,12-/m1/s1. The van der Waals surface area contributed by atoms with E-state index in [-0.39, 0.29) is 5.56 Å². The van der Waals surface area contributed by atoms with Gasteiger partial charge in [-0.3, -0.25) is 14.2 Å². The number of thiophene rings is 1. The van der Waals surface area contributed by atoms with Crippen LogP contribution in [0.5, 0.6) is 0 Å². The molecule has 3 aromatic rings. The minimum absolute atomic E-state index is 0.181. The molecule has 1 N–H and O–H groups in total. The Balaban J connectivity index is 1.56. The van der Waals surface area contributed by atoms with Crippen LogP contribution in [-0.2, 0) is 17.6 Å². The van der Waals surface area contributed by atoms with Gasteiger partial charge in [-0.25, -0.2) is 10.4 Å². The monoisotopic (exact) mass is 462 g/mol. The average Bonchev–Trinajstić information content (AvgIpc) is 3.07. The van der Waals surface area contributed by atoms with Crippen LogP contribution in [0, 0.1) is 5.92 Å². The fraction of sp³-hybridized carbons (Fsp3) is 0.333. The van der Waals surface area contributed by atoms with Gasteiger partial charge in [-0.1, -0.05) is 36.2 Å². The van der Waals surface area contributed by atoms with Crippen molar-refractivity contribution in [2.45, 2.75) is 39.2 Å². The fourth-order valence-corrected chi connectivity index (χ4v) is 5.41. The third-order valence-electron chi connectivity index (χ3n) is 5.38. The van der Waals surface area contributed by atoms with E-state index in [0.29, 0.717) is 26.9 Å². The van der Waals surface area contributed by atoms with Crippen molar-refractivity contribution in [3.63, 3.8) is 0 Å². The maximum atomic E-state index is 13.1. The Morgan fingerprint density at radius 1 is 1.43 bits per heavy atom. The molecule has 0 aliphatic heterocycles. The number of aryl methyl sites for hydroxylation is 1. The first-order valence-electron chi connectivity index (χ1n) is 9.64. The first-order chi connectivity index (χ1) is 14.3. The predicted molar refractivity (Wildman–Crippen MR) is 122 cm³/mol. The van der Waals surface area contributed by atoms with Gasteiger partial charge in [-0.2, -0.15) is 5.10 Å². The summed E-state index contributed by atoms with van der Waals surface area (Å²) in [5.41, 5.74) is 4.00. The molecule has 1 aliphatic carbocycles. The number of nitrogens with zero attached hydrogens (tertiary/aromatic N) is 3. The van der Waals surface area contributed by atoms with Crippen molar-refractivity contribution < 1.29 is 4.79 Å². The predicted octanol–water partition coefficient (Wildman–Crippen LogP) is 4.60. The molecule has 0 spiro atoms. The van der Waals surface area contributed by atoms with E-state index in [1.807, 2.05) is 0 Å². The molecule has 1 amide bonds. The van der Waals surface area contributed by atoms with Gasteiger partial charge < -0.3 is 0 Å². The molecule has 9 heteroatoms. The van der Waals surface area contributed by atoms with Crippen LogP contribution in [0.4, 0.5) is 0 Å². The zero-order chi connectivity index (χ0) is 21.4. The van der Waals surface area contributed by atoms with Crippen LogP contribution in [0.2, 0.25) is 10.0 Å². The summed E-state index contributed by atoms with van der Waals surface area (Å²) in [5, 5.41) is 5.55. The van der Waals surface area contributed by atoms with Crippen molar-refractivity contribution >= 4 is 56.9 Å². The molecule has 30 heavy (non-hydrogen) atoms. The van der Waals surface area contributed by atoms with Crippen LogP contribution in [0.25, 0.3) is 10.2 Å². The smallest absolute Gasteiger partial charge is 0.263 e. The zero-order valence-electron chi connectivity index (χ0n) is 16.5. The van der Waals surface area contributed by atoms with E-state index in [1.165, 1.54) is 22.0 Å². The van der Waals surface area contributed by atoms with Crippen LogP contribution in [0.3, 0.4) is 0 Å². The molecule has 0 saturated heterocycles. The van der Waals surface area contributed by atoms with E-state index in [2.05, 4.69) is 22.4 Å². The lowest BCUT2D eigenvalue weighted by Crippen LogP contribution is -2.34. The van der Waals surface area contributed by atoms with E-state index in [1.54, 1.807) is 36.5 Å². The highest BCUT2D eigenvalue weighted by Gasteiger charge is 2.25. The Morgan fingerprint density at radius 2 is 2.23 bits per heavy atom. The summed E-state index contributed by atoms with van der Waals surface area (Å²) in [6.07, 6.45) is 5.80. The molecular weight excluding hydrogens is 443 g/mol. The molecule has 1 aromatic carbocycles. The summed E-state index contributed by atoms with van der Waals surface area (Å²) in [7, 11) is 0. The third kappa shape index (κ3) is 4.02. The molecule has 6 nitrogen and oxygen atoms in total. The number of hydrogen-bond acceptors (Lipinski definition) is 5. The first kappa shape index (κ1) is 21.0. The highest BCUT2D eigenvalue weighted by Crippen LogP contribution is 2.35. The topological polar surface area (TPSA) is 76.3 Å². The fourth-order valence-electron chi connectivity index (χ4n) is 3.61. The molecule has 2 atom stereocenters. The van der Waals surface area contributed by atoms with Gasteiger partial charge in [0, 0.05) is 15.5 Å². The summed E-state index contributed by atoms with van der Waals surface area (Å²) < 4.78 is 1.37. The van der Waals surface area contributed by atoms with Crippen LogP contribution >= 0.6 is 34.5 Å². The van der Waals surface area contributed by atoms with Crippen LogP contribution < -0.4 is 11.0 Å². The molecule has 156 valence electrons. The van der Waals surface area contributed by atoms with Crippen molar-refractivity contribution in [3.8, 4) is 0 Å². The number of carbonyl (C=O) groups excluding carboxylic acids is 1. The third-order valence-corrected chi connectivity index (χ3v) is 7.10. The largest absolute Gasteiger partial charge is 0.286 e. The lowest BCUT2D eigenvalue weighted by Gasteiger charge is -2.18. The number of hydrazone groups is 1. The zero-order valence-corrected chi connectivity index (χ0v) is 18.8. The number of benzene rings is 1. The molecule has 0 unspecified atom stereocenters. The van der Waals surface area contributed by atoms with Crippen LogP contribution in [-0.4, -0.2) is 21.7 Å². The van der Waals surface area contributed by atoms with Crippen molar-refractivity contribution in [3.05, 3.63) is 60.9 Å². The molecule has 1 aliphatic rings. The summed E-state index contributed by atoms with van der Waals surface area (Å²) in [5.74, 6) is 0.196. The van der Waals surface area contributed by atoms with Gasteiger partial charge in [0.2, 0.25) is 0 Å². The summed E-state index contributed by atoms with van der Waals surface area (Å²) in [4.78, 5) is 32.2. The lowest BCUT2D eigenvalue weighted by molar-refractivity contribution is -0.123. The Bertz CT molecular complexity index is 1220. The minimum Gasteiger partial charge on any atom is -0.286 e. The summed E-state index contributed by atoms with van der Waals surface area (Å²) >= 11 is 13.6. The van der Waals surface area contributed by atoms with Crippen LogP contribution in [0.1, 0.15) is 42.3 Å². The number of rotatable bonds is 4. The summed E-state index contributed by atoms with van der Waals surface area (Å²) in [6, 6.07) is 4.22. The molecule has 0 saturated carbocycles. The van der Waals surface area contributed by atoms with Gasteiger partial charge in [-0.15, -0.1) is 11.3 Å². The normalized spacial score (nSPS) is 17.3. The molecular formula is C21H20Cl2N4O2S. The number of halogens is 2. The Labute approximate surface area is 187 Å². The second-order valence-electron chi connectivity index (χ2n) is 7.56. The Hall–Kier alpha value is -2.22. The van der Waals surface area contributed by atoms with Crippen molar-refractivity contribution in [1.82, 2.24) is 15.0 Å². The van der Waals surface area contributed by atoms with Gasteiger partial charge in [0.15, 0.2) is 0 Å². The van der Waals surface area contributed by atoms with Crippen molar-refractivity contribution in [2.75, 3.05) is 0 Å². The van der Waals surface area contributed by atoms with Gasteiger partial charge in [0.1, 0.15) is 10.9 Å². The maximum Gasteiger partial charge on any atom is 0.263 e. The highest BCUT2D eigenvalue weighted by atomic mass is 35.5. The van der Waals surface area contributed by atoms with E-state index in [0.717, 1.165) is 29.7 Å². The van der Waals surface area contributed by atoms with E-state index >= 15 is 0 Å². The van der Waals surface area contributed by atoms with E-state index in [9.17, 15) is 9.59 Å². The highest BCUT2D eigenvalue weighted by molar-refractivity contribution is 7.18. The van der Waals surface area contributed by atoms with Crippen molar-refractivity contribution in [1.29, 1.82) is 0 Å². The number of aromatic nitrogens is 2. The minimum atomic E-state index is -0.759. The van der Waals surface area contributed by atoms with E-state index in [4.69, 9.17) is 23.2 Å². The quantitative estimate of drug-likeness (QED) is 0.454. The van der Waals surface area contributed by atoms with Gasteiger partial charge in [0.05, 0.1) is 23.0 Å². The number of nitrogens with one attached hydrogen (secondary N) is 1. The van der Waals surface area contributed by atoms with Crippen LogP contribution in [0.15, 0.2) is 34.4 Å². The van der Waals surface area contributed by atoms with E-state index < -0.39 is 11.9 Å². The molecule has 2 aromatic heterocycles. The molecule has 4 rings (SSSR count). The number of carbonyl (C=O) groups is 1. The number of hydrogen-bond donors (Lipinski definition) is 1. The lowest BCUT2D eigenvalue weighted by atomic mass is 9.89. The maximum absolute atomic E-state index is 13.1. The SMILES string of the molecule is C[C@@H]1CCc2c(sc3ncn([C@H](C)C(=O)N/N=C/c4ccc(Cl)cc4Cl)c(=O)c23)C1. The number of amides is 1. The Morgan fingerprint density at radius 3 is 3.00 bits per heavy atom. The Kier molecular flexibility index (Phi) is 5.95. The van der Waals surface area contributed by atoms with Gasteiger partial charge in [0.25, 0.3) is 11.5 Å². The second kappa shape index (κ2) is 8.49. The number of fused-ring (bicyclic) bond motifs is 3. The van der Waals surface area contributed by atoms with Crippen molar-refractivity contribution in [2.24, 2.45) is 11.0 Å². The van der Waals surface area contributed by atoms with Gasteiger partial charge in [-0.05, 0) is 49.8 Å². The molecule has 0 fully saturated rings. The summed E-state index contributed by atoms with van der Waals surface area (Å²) in [6.45, 7) is 3.87. The molecule has 2 heterocycles. The second-order valence-corrected chi connectivity index (χ2v) is 9.49. The average molecular weight is 463 g/mol. The van der Waals surface area contributed by atoms with Gasteiger partial charge >= 0.3 is 0 Å².